The lowest BCUT2D eigenvalue weighted by molar-refractivity contribution is -0.384. The lowest BCUT2D eigenvalue weighted by atomic mass is 9.80. The van der Waals surface area contributed by atoms with Gasteiger partial charge in [-0.3, -0.25) is 10.1 Å². The number of halogens is 4. The zero-order valence-corrected chi connectivity index (χ0v) is 24.7. The number of methoxy groups -OCH3 is 1. The van der Waals surface area contributed by atoms with Crippen LogP contribution >= 0.6 is 12.4 Å². The van der Waals surface area contributed by atoms with Crippen molar-refractivity contribution in [1.29, 1.82) is 0 Å². The van der Waals surface area contributed by atoms with Crippen molar-refractivity contribution >= 4 is 30.0 Å². The Kier molecular flexibility index (Phi) is 13.6. The highest BCUT2D eigenvalue weighted by Gasteiger charge is 2.47. The van der Waals surface area contributed by atoms with E-state index in [9.17, 15) is 38.0 Å². The normalized spacial score (nSPS) is 15.5. The standard InChI is InChI=1S/C29H32F3N3O8.ClH/c1-18-23(27(37)41-2)24(19-9-8-10-20(15-19)35(39)40)25(26(34-18)29(30,31)32)28(38)42-14-7-6-13-33-16-21(36)17-43-22-11-4-3-5-12-22;/h3-5,8-12,15,21,24,33-34,36H,6-7,13-14,16-17H2,1-2H3;1H. The van der Waals surface area contributed by atoms with Gasteiger partial charge < -0.3 is 30.0 Å². The Labute approximate surface area is 257 Å². The number of dihydropyridines is 1. The average molecular weight is 644 g/mol. The minimum absolute atomic E-state index is 0. The lowest BCUT2D eigenvalue weighted by Crippen LogP contribution is -2.38. The number of hydrogen-bond donors (Lipinski definition) is 3. The van der Waals surface area contributed by atoms with E-state index in [1.165, 1.54) is 19.1 Å². The molecule has 0 saturated heterocycles. The molecule has 15 heteroatoms. The van der Waals surface area contributed by atoms with Gasteiger partial charge in [0.05, 0.1) is 35.7 Å². The number of allylic oxidation sites excluding steroid dienone is 2. The molecular weight excluding hydrogens is 611 g/mol. The summed E-state index contributed by atoms with van der Waals surface area (Å²) >= 11 is 0. The van der Waals surface area contributed by atoms with Crippen molar-refractivity contribution in [2.75, 3.05) is 33.4 Å². The van der Waals surface area contributed by atoms with E-state index in [4.69, 9.17) is 14.2 Å². The second kappa shape index (κ2) is 16.6. The molecule has 3 N–H and O–H groups in total. The highest BCUT2D eigenvalue weighted by Crippen LogP contribution is 2.44. The summed E-state index contributed by atoms with van der Waals surface area (Å²) in [6.45, 7) is 1.69. The third-order valence-electron chi connectivity index (χ3n) is 6.43. The first-order valence-electron chi connectivity index (χ1n) is 13.3. The number of carbonyl (C=O) groups excluding carboxylic acids is 2. The van der Waals surface area contributed by atoms with Crippen molar-refractivity contribution in [3.63, 3.8) is 0 Å². The molecule has 1 aliphatic heterocycles. The Bertz CT molecular complexity index is 1370. The highest BCUT2D eigenvalue weighted by atomic mass is 35.5. The van der Waals surface area contributed by atoms with Crippen LogP contribution in [0.1, 0.15) is 31.2 Å². The third-order valence-corrected chi connectivity index (χ3v) is 6.43. The number of para-hydroxylation sites is 1. The Morgan fingerprint density at radius 1 is 1.09 bits per heavy atom. The second-order valence-electron chi connectivity index (χ2n) is 9.55. The van der Waals surface area contributed by atoms with E-state index < -0.39 is 52.0 Å². The predicted octanol–water partition coefficient (Wildman–Crippen LogP) is 4.32. The van der Waals surface area contributed by atoms with Gasteiger partial charge in [0, 0.05) is 24.4 Å². The Balaban J connectivity index is 0.00000675. The van der Waals surface area contributed by atoms with Gasteiger partial charge in [0.2, 0.25) is 0 Å². The van der Waals surface area contributed by atoms with Crippen LogP contribution in [0.5, 0.6) is 5.75 Å². The maximum atomic E-state index is 14.2. The molecule has 2 aromatic carbocycles. The zero-order chi connectivity index (χ0) is 31.6. The summed E-state index contributed by atoms with van der Waals surface area (Å²) in [5.74, 6) is -3.39. The molecule has 2 aromatic rings. The summed E-state index contributed by atoms with van der Waals surface area (Å²) in [6, 6.07) is 13.6. The number of hydrogen-bond acceptors (Lipinski definition) is 10. The molecule has 240 valence electrons. The van der Waals surface area contributed by atoms with Crippen LogP contribution in [0.2, 0.25) is 0 Å². The van der Waals surface area contributed by atoms with Crippen LogP contribution in [0, 0.1) is 10.1 Å². The molecule has 11 nitrogen and oxygen atoms in total. The second-order valence-corrected chi connectivity index (χ2v) is 9.55. The number of ether oxygens (including phenoxy) is 3. The molecule has 0 aliphatic carbocycles. The molecule has 0 amide bonds. The fourth-order valence-corrected chi connectivity index (χ4v) is 4.43. The summed E-state index contributed by atoms with van der Waals surface area (Å²) in [5.41, 5.74) is -3.44. The summed E-state index contributed by atoms with van der Waals surface area (Å²) in [5, 5.41) is 26.5. The minimum atomic E-state index is -5.05. The van der Waals surface area contributed by atoms with Crippen LogP contribution in [-0.4, -0.2) is 67.7 Å². The molecule has 0 radical (unpaired) electrons. The lowest BCUT2D eigenvalue weighted by Gasteiger charge is -2.32. The van der Waals surface area contributed by atoms with Gasteiger partial charge in [-0.05, 0) is 44.0 Å². The first-order chi connectivity index (χ1) is 20.4. The first-order valence-corrected chi connectivity index (χ1v) is 13.3. The number of rotatable bonds is 14. The summed E-state index contributed by atoms with van der Waals surface area (Å²) in [7, 11) is 1.03. The van der Waals surface area contributed by atoms with Gasteiger partial charge >= 0.3 is 18.1 Å². The number of nitro groups is 1. The van der Waals surface area contributed by atoms with Crippen molar-refractivity contribution < 1.29 is 47.0 Å². The molecule has 0 saturated carbocycles. The van der Waals surface area contributed by atoms with E-state index in [0.29, 0.717) is 18.7 Å². The number of aliphatic hydroxyl groups is 1. The topological polar surface area (TPSA) is 149 Å². The van der Waals surface area contributed by atoms with E-state index in [0.717, 1.165) is 19.2 Å². The van der Waals surface area contributed by atoms with Gasteiger partial charge in [0.15, 0.2) is 0 Å². The van der Waals surface area contributed by atoms with Gasteiger partial charge in [-0.15, -0.1) is 12.4 Å². The summed E-state index contributed by atoms with van der Waals surface area (Å²) in [4.78, 5) is 36.5. The number of aliphatic hydroxyl groups excluding tert-OH is 1. The van der Waals surface area contributed by atoms with Crippen molar-refractivity contribution in [2.24, 2.45) is 0 Å². The SMILES string of the molecule is COC(=O)C1=C(C)NC(C(F)(F)F)=C(C(=O)OCCCCNCC(O)COc2ccccc2)C1c1cccc([N+](=O)[O-])c1.Cl. The van der Waals surface area contributed by atoms with E-state index in [-0.39, 0.29) is 55.4 Å². The number of alkyl halides is 3. The van der Waals surface area contributed by atoms with Crippen LogP contribution in [0.25, 0.3) is 0 Å². The molecule has 2 atom stereocenters. The van der Waals surface area contributed by atoms with Crippen molar-refractivity contribution in [3.05, 3.63) is 92.8 Å². The maximum absolute atomic E-state index is 14.2. The van der Waals surface area contributed by atoms with E-state index >= 15 is 0 Å². The van der Waals surface area contributed by atoms with Crippen LogP contribution in [-0.2, 0) is 19.1 Å². The summed E-state index contributed by atoms with van der Waals surface area (Å²) in [6.07, 6.45) is -5.09. The Morgan fingerprint density at radius 2 is 1.80 bits per heavy atom. The van der Waals surface area contributed by atoms with Crippen LogP contribution in [0.4, 0.5) is 18.9 Å². The van der Waals surface area contributed by atoms with Crippen molar-refractivity contribution in [1.82, 2.24) is 10.6 Å². The number of non-ortho nitro benzene ring substituents is 1. The third kappa shape index (κ3) is 9.69. The van der Waals surface area contributed by atoms with Gasteiger partial charge in [-0.25, -0.2) is 9.59 Å². The number of benzene rings is 2. The monoisotopic (exact) mass is 643 g/mol. The average Bonchev–Trinajstić information content (AvgIpc) is 2.98. The van der Waals surface area contributed by atoms with Crippen molar-refractivity contribution in [2.45, 2.75) is 38.0 Å². The van der Waals surface area contributed by atoms with Gasteiger partial charge in [0.1, 0.15) is 24.2 Å². The van der Waals surface area contributed by atoms with E-state index in [2.05, 4.69) is 10.6 Å². The smallest absolute Gasteiger partial charge is 0.431 e. The number of nitrogens with one attached hydrogen (secondary N) is 2. The molecule has 0 spiro atoms. The quantitative estimate of drug-likeness (QED) is 0.118. The zero-order valence-electron chi connectivity index (χ0n) is 23.9. The van der Waals surface area contributed by atoms with Crippen LogP contribution < -0.4 is 15.4 Å². The summed E-state index contributed by atoms with van der Waals surface area (Å²) < 4.78 is 57.9. The molecule has 3 rings (SSSR count). The number of nitro benzene ring substituents is 1. The molecule has 0 bridgehead atoms. The number of nitrogens with zero attached hydrogens (tertiary/aromatic N) is 1. The highest BCUT2D eigenvalue weighted by molar-refractivity contribution is 6.00. The van der Waals surface area contributed by atoms with Gasteiger partial charge in [0.25, 0.3) is 5.69 Å². The number of unbranched alkanes of at least 4 members (excludes halogenated alkanes) is 1. The number of esters is 2. The Hall–Kier alpha value is -4.14. The van der Waals surface area contributed by atoms with Gasteiger partial charge in [-0.1, -0.05) is 30.3 Å². The van der Waals surface area contributed by atoms with E-state index in [1.54, 1.807) is 12.1 Å². The molecule has 0 aromatic heterocycles. The molecule has 2 unspecified atom stereocenters. The van der Waals surface area contributed by atoms with Crippen LogP contribution in [0.3, 0.4) is 0 Å². The molecule has 1 aliphatic rings. The molecule has 44 heavy (non-hydrogen) atoms. The fourth-order valence-electron chi connectivity index (χ4n) is 4.43. The Morgan fingerprint density at radius 3 is 2.43 bits per heavy atom. The minimum Gasteiger partial charge on any atom is -0.491 e. The number of carbonyl (C=O) groups is 2. The maximum Gasteiger partial charge on any atom is 0.431 e. The fraction of sp³-hybridized carbons (Fsp3) is 0.379. The molecular formula is C29H33ClF3N3O8. The molecule has 1 heterocycles. The van der Waals surface area contributed by atoms with E-state index in [1.807, 2.05) is 18.2 Å². The van der Waals surface area contributed by atoms with Gasteiger partial charge in [-0.2, -0.15) is 13.2 Å². The van der Waals surface area contributed by atoms with Crippen molar-refractivity contribution in [3.8, 4) is 5.75 Å². The molecule has 0 fully saturated rings. The predicted molar refractivity (Wildman–Crippen MR) is 155 cm³/mol. The largest absolute Gasteiger partial charge is 0.491 e. The first kappa shape index (κ1) is 36.1. The van der Waals surface area contributed by atoms with Crippen LogP contribution in [0.15, 0.2) is 77.1 Å².